The topological polar surface area (TPSA) is 29.1 Å². The Bertz CT molecular complexity index is 349. The second-order valence-electron chi connectivity index (χ2n) is 4.24. The second kappa shape index (κ2) is 6.52. The highest BCUT2D eigenvalue weighted by Gasteiger charge is 2.10. The monoisotopic (exact) mass is 259 g/mol. The maximum atomic E-state index is 11.2. The van der Waals surface area contributed by atoms with Crippen LogP contribution in [0, 0.1) is 6.92 Å². The summed E-state index contributed by atoms with van der Waals surface area (Å²) >= 11 is 1.80. The van der Waals surface area contributed by atoms with Gasteiger partial charge in [-0.25, -0.2) is 0 Å². The molecule has 16 heavy (non-hydrogen) atoms. The van der Waals surface area contributed by atoms with Crippen LogP contribution in [0.3, 0.4) is 0 Å². The predicted octanol–water partition coefficient (Wildman–Crippen LogP) is 2.86. The Kier molecular flexibility index (Phi) is 5.66. The molecule has 1 N–H and O–H groups in total. The molecule has 0 fully saturated rings. The van der Waals surface area contributed by atoms with Crippen molar-refractivity contribution in [2.75, 3.05) is 12.8 Å². The first-order chi connectivity index (χ1) is 7.52. The molecule has 0 radical (unpaired) electrons. The fourth-order valence-corrected chi connectivity index (χ4v) is 3.00. The zero-order chi connectivity index (χ0) is 12.1. The summed E-state index contributed by atoms with van der Waals surface area (Å²) < 4.78 is 11.2. The molecule has 3 atom stereocenters. The summed E-state index contributed by atoms with van der Waals surface area (Å²) in [6.45, 7) is 7.30. The molecular weight excluding hydrogens is 238 g/mol. The molecule has 0 saturated carbocycles. The predicted molar refractivity (Wildman–Crippen MR) is 73.6 cm³/mol. The van der Waals surface area contributed by atoms with E-state index in [-0.39, 0.29) is 5.25 Å². The molecule has 0 aromatic carbocycles. The molecule has 0 bridgehead atoms. The molecular formula is C12H21NOS2. The van der Waals surface area contributed by atoms with E-state index in [0.717, 1.165) is 13.0 Å². The van der Waals surface area contributed by atoms with Gasteiger partial charge in [-0.2, -0.15) is 0 Å². The van der Waals surface area contributed by atoms with Gasteiger partial charge in [-0.15, -0.1) is 11.3 Å². The van der Waals surface area contributed by atoms with E-state index in [9.17, 15) is 4.21 Å². The minimum Gasteiger partial charge on any atom is -0.309 e. The van der Waals surface area contributed by atoms with Gasteiger partial charge in [0.1, 0.15) is 0 Å². The third-order valence-corrected chi connectivity index (χ3v) is 5.43. The van der Waals surface area contributed by atoms with E-state index in [1.54, 1.807) is 17.6 Å². The standard InChI is InChI=1S/C12H21NOS2/c1-9-6-8-15-12(9)11(3)13-7-5-10(2)16(4)14/h6,8,10-11,13H,5,7H2,1-4H3/t10-,11+,16-/m0/s1. The maximum absolute atomic E-state index is 11.2. The fraction of sp³-hybridized carbons (Fsp3) is 0.667. The molecule has 0 amide bonds. The van der Waals surface area contributed by atoms with E-state index >= 15 is 0 Å². The number of rotatable bonds is 6. The number of aryl methyl sites for hydroxylation is 1. The highest BCUT2D eigenvalue weighted by molar-refractivity contribution is 7.84. The summed E-state index contributed by atoms with van der Waals surface area (Å²) in [5.41, 5.74) is 1.36. The zero-order valence-corrected chi connectivity index (χ0v) is 12.1. The lowest BCUT2D eigenvalue weighted by Crippen LogP contribution is -2.23. The lowest BCUT2D eigenvalue weighted by Gasteiger charge is -2.15. The quantitative estimate of drug-likeness (QED) is 0.851. The van der Waals surface area contributed by atoms with Gasteiger partial charge >= 0.3 is 0 Å². The highest BCUT2D eigenvalue weighted by atomic mass is 32.2. The van der Waals surface area contributed by atoms with E-state index < -0.39 is 10.8 Å². The number of thiophene rings is 1. The maximum Gasteiger partial charge on any atom is 0.0388 e. The fourth-order valence-electron chi connectivity index (χ4n) is 1.59. The van der Waals surface area contributed by atoms with Crippen molar-refractivity contribution in [2.45, 2.75) is 38.5 Å². The third kappa shape index (κ3) is 4.00. The molecule has 1 aromatic rings. The van der Waals surface area contributed by atoms with E-state index in [2.05, 4.69) is 30.6 Å². The van der Waals surface area contributed by atoms with Crippen molar-refractivity contribution in [3.8, 4) is 0 Å². The Morgan fingerprint density at radius 3 is 2.69 bits per heavy atom. The Morgan fingerprint density at radius 2 is 2.19 bits per heavy atom. The van der Waals surface area contributed by atoms with Gasteiger partial charge in [0, 0.05) is 33.2 Å². The lowest BCUT2D eigenvalue weighted by molar-refractivity contribution is 0.558. The van der Waals surface area contributed by atoms with Crippen molar-refractivity contribution in [2.24, 2.45) is 0 Å². The smallest absolute Gasteiger partial charge is 0.0388 e. The molecule has 92 valence electrons. The van der Waals surface area contributed by atoms with Gasteiger partial charge in [-0.1, -0.05) is 6.92 Å². The normalized spacial score (nSPS) is 17.0. The van der Waals surface area contributed by atoms with Gasteiger partial charge in [0.25, 0.3) is 0 Å². The number of hydrogen-bond acceptors (Lipinski definition) is 3. The summed E-state index contributed by atoms with van der Waals surface area (Å²) in [6.07, 6.45) is 2.75. The first-order valence-corrected chi connectivity index (χ1v) is 8.12. The van der Waals surface area contributed by atoms with Crippen LogP contribution in [-0.2, 0) is 10.8 Å². The minimum atomic E-state index is -0.704. The van der Waals surface area contributed by atoms with E-state index in [1.807, 2.05) is 6.92 Å². The molecule has 0 unspecified atom stereocenters. The van der Waals surface area contributed by atoms with E-state index in [1.165, 1.54) is 10.4 Å². The summed E-state index contributed by atoms with van der Waals surface area (Å²) in [6, 6.07) is 2.56. The van der Waals surface area contributed by atoms with Crippen molar-refractivity contribution < 1.29 is 4.21 Å². The summed E-state index contributed by atoms with van der Waals surface area (Å²) in [4.78, 5) is 1.41. The van der Waals surface area contributed by atoms with E-state index in [4.69, 9.17) is 0 Å². The SMILES string of the molecule is Cc1ccsc1[C@@H](C)NCC[C@H](C)[S@](C)=O. The average Bonchev–Trinajstić information content (AvgIpc) is 2.64. The van der Waals surface area contributed by atoms with Crippen LogP contribution in [0.5, 0.6) is 0 Å². The number of hydrogen-bond donors (Lipinski definition) is 1. The molecule has 0 aliphatic rings. The van der Waals surface area contributed by atoms with Crippen molar-refractivity contribution >= 4 is 22.1 Å². The molecule has 1 rings (SSSR count). The van der Waals surface area contributed by atoms with Gasteiger partial charge in [0.05, 0.1) is 0 Å². The van der Waals surface area contributed by atoms with Gasteiger partial charge in [-0.3, -0.25) is 4.21 Å². The molecule has 4 heteroatoms. The van der Waals surface area contributed by atoms with Crippen LogP contribution >= 0.6 is 11.3 Å². The average molecular weight is 259 g/mol. The van der Waals surface area contributed by atoms with Crippen molar-refractivity contribution in [1.82, 2.24) is 5.32 Å². The number of nitrogens with one attached hydrogen (secondary N) is 1. The molecule has 0 spiro atoms. The van der Waals surface area contributed by atoms with Crippen LogP contribution in [0.15, 0.2) is 11.4 Å². The Morgan fingerprint density at radius 1 is 1.50 bits per heavy atom. The van der Waals surface area contributed by atoms with Gasteiger partial charge in [0.2, 0.25) is 0 Å². The zero-order valence-electron chi connectivity index (χ0n) is 10.4. The van der Waals surface area contributed by atoms with E-state index in [0.29, 0.717) is 6.04 Å². The molecule has 2 nitrogen and oxygen atoms in total. The largest absolute Gasteiger partial charge is 0.309 e. The van der Waals surface area contributed by atoms with Gasteiger partial charge < -0.3 is 5.32 Å². The molecule has 0 aliphatic carbocycles. The van der Waals surface area contributed by atoms with Crippen molar-refractivity contribution in [1.29, 1.82) is 0 Å². The van der Waals surface area contributed by atoms with Crippen LogP contribution in [0.25, 0.3) is 0 Å². The molecule has 0 aliphatic heterocycles. The lowest BCUT2D eigenvalue weighted by atomic mass is 10.2. The molecule has 0 saturated heterocycles. The van der Waals surface area contributed by atoms with Crippen LogP contribution in [0.1, 0.15) is 36.8 Å². The van der Waals surface area contributed by atoms with Gasteiger partial charge in [0.15, 0.2) is 0 Å². The van der Waals surface area contributed by atoms with Crippen molar-refractivity contribution in [3.05, 3.63) is 21.9 Å². The summed E-state index contributed by atoms with van der Waals surface area (Å²) in [5.74, 6) is 0. The molecule has 1 heterocycles. The van der Waals surface area contributed by atoms with Crippen LogP contribution < -0.4 is 5.32 Å². The first kappa shape index (κ1) is 13.9. The first-order valence-electron chi connectivity index (χ1n) is 5.62. The third-order valence-electron chi connectivity index (χ3n) is 2.86. The summed E-state index contributed by atoms with van der Waals surface area (Å²) in [5, 5.41) is 5.90. The Hall–Kier alpha value is -0.190. The summed E-state index contributed by atoms with van der Waals surface area (Å²) in [7, 11) is -0.704. The molecule has 1 aromatic heterocycles. The van der Waals surface area contributed by atoms with Crippen LogP contribution in [0.4, 0.5) is 0 Å². The van der Waals surface area contributed by atoms with Gasteiger partial charge in [-0.05, 0) is 43.8 Å². The van der Waals surface area contributed by atoms with Crippen LogP contribution in [-0.4, -0.2) is 22.3 Å². The Balaban J connectivity index is 2.34. The van der Waals surface area contributed by atoms with Crippen LogP contribution in [0.2, 0.25) is 0 Å². The second-order valence-corrected chi connectivity index (χ2v) is 6.99. The minimum absolute atomic E-state index is 0.282. The highest BCUT2D eigenvalue weighted by Crippen LogP contribution is 2.23. The van der Waals surface area contributed by atoms with Crippen molar-refractivity contribution in [3.63, 3.8) is 0 Å². The Labute approximate surface area is 105 Å².